The Hall–Kier alpha value is -0.932. The molecular weight excluding hydrogens is 725 g/mol. The van der Waals surface area contributed by atoms with Gasteiger partial charge in [0.2, 0.25) is 0 Å². The predicted octanol–water partition coefficient (Wildman–Crippen LogP) is 0.957. The fourth-order valence-corrected chi connectivity index (χ4v) is 2.16. The van der Waals surface area contributed by atoms with Crippen LogP contribution in [0.1, 0.15) is 11.1 Å². The number of hydrogen-bond acceptors (Lipinski definition) is 2. The molecule has 0 N–H and O–H groups in total. The summed E-state index contributed by atoms with van der Waals surface area (Å²) < 4.78 is 147. The molecule has 0 fully saturated rings. The third-order valence-electron chi connectivity index (χ3n) is 3.77. The van der Waals surface area contributed by atoms with Gasteiger partial charge in [0.15, 0.2) is 0 Å². The van der Waals surface area contributed by atoms with Gasteiger partial charge in [-0.05, 0) is 23.3 Å². The number of halogens is 13. The Kier molecular flexibility index (Phi) is 12.3. The molecule has 0 aliphatic heterocycles. The van der Waals surface area contributed by atoms with Gasteiger partial charge in [-0.3, -0.25) is 0 Å². The van der Waals surface area contributed by atoms with Crippen LogP contribution in [0.15, 0.2) is 48.5 Å². The van der Waals surface area contributed by atoms with Gasteiger partial charge in [-0.25, -0.2) is 0 Å². The van der Waals surface area contributed by atoms with Crippen LogP contribution in [-0.2, 0) is 11.2 Å². The van der Waals surface area contributed by atoms with Gasteiger partial charge >= 0.3 is 49.1 Å². The Labute approximate surface area is 218 Å². The molecule has 2 aromatic rings. The summed E-state index contributed by atoms with van der Waals surface area (Å²) in [5.74, 6) is 0. The monoisotopic (exact) mass is 732 g/mol. The quantitative estimate of drug-likeness (QED) is 0.263. The van der Waals surface area contributed by atoms with Gasteiger partial charge in [0.25, 0.3) is 0 Å². The zero-order valence-electron chi connectivity index (χ0n) is 15.8. The van der Waals surface area contributed by atoms with Gasteiger partial charge in [-0.2, -0.15) is 52.7 Å². The number of rotatable bonds is 2. The van der Waals surface area contributed by atoms with E-state index in [1.165, 1.54) is 0 Å². The van der Waals surface area contributed by atoms with Gasteiger partial charge in [-0.1, -0.05) is 48.5 Å². The van der Waals surface area contributed by atoms with Gasteiger partial charge in [0, 0.05) is 0 Å². The van der Waals surface area contributed by atoms with Gasteiger partial charge in [0.05, 0.1) is 0 Å². The molecule has 0 aliphatic carbocycles. The third-order valence-corrected chi connectivity index (χ3v) is 3.77. The van der Waals surface area contributed by atoms with Crippen molar-refractivity contribution in [2.75, 3.05) is 0 Å². The molecule has 188 valence electrons. The van der Waals surface area contributed by atoms with E-state index in [-0.39, 0.29) is 48.4 Å². The molecule has 2 rings (SSSR count). The molecule has 0 saturated carbocycles. The Morgan fingerprint density at radius 3 is 0.882 bits per heavy atom. The van der Waals surface area contributed by atoms with E-state index in [9.17, 15) is 62.9 Å². The summed E-state index contributed by atoms with van der Waals surface area (Å²) in [6.07, 6.45) is -23.9. The van der Waals surface area contributed by atoms with Gasteiger partial charge < -0.3 is 34.2 Å². The number of hydrogen-bond donors (Lipinski definition) is 0. The zero-order chi connectivity index (χ0) is 25.2. The molecule has 0 aliphatic rings. The van der Waals surface area contributed by atoms with Crippen LogP contribution in [0.3, 0.4) is 0 Å². The smallest absolute Gasteiger partial charge is 1.00 e. The van der Waals surface area contributed by atoms with Crippen LogP contribution in [0.25, 0.3) is 0 Å². The van der Waals surface area contributed by atoms with Crippen molar-refractivity contribution < 1.29 is 86.9 Å². The van der Waals surface area contributed by atoms with Gasteiger partial charge in [0.1, 0.15) is 11.2 Å². The fraction of sp³-hybridized carbons (Fsp3) is 0.333. The van der Waals surface area contributed by atoms with Crippen molar-refractivity contribution in [1.82, 2.24) is 0 Å². The Morgan fingerprint density at radius 2 is 0.735 bits per heavy atom. The third kappa shape index (κ3) is 7.06. The molecule has 0 unspecified atom stereocenters. The van der Waals surface area contributed by atoms with Crippen molar-refractivity contribution in [3.8, 4) is 0 Å². The van der Waals surface area contributed by atoms with Crippen LogP contribution in [0.2, 0.25) is 0 Å². The van der Waals surface area contributed by atoms with Crippen molar-refractivity contribution in [1.29, 1.82) is 0 Å². The molecule has 0 spiro atoms. The first kappa shape index (κ1) is 35.2. The van der Waals surface area contributed by atoms with Crippen molar-refractivity contribution in [2.24, 2.45) is 0 Å². The van der Waals surface area contributed by atoms with Crippen molar-refractivity contribution in [3.05, 3.63) is 71.8 Å². The molecule has 0 bridgehead atoms. The standard InChI is InChI=1S/2C9H4F6O.HI.Sb/c2*10-8(11,12)7(16,9(13,14)15)6-4-2-1-3-5-6;;/h2*1-4H;1H;/q2*-1;;+3/p-1. The molecule has 34 heavy (non-hydrogen) atoms. The molecule has 4 radical (unpaired) electrons. The van der Waals surface area contributed by atoms with E-state index >= 15 is 0 Å². The first-order chi connectivity index (χ1) is 14.2. The van der Waals surface area contributed by atoms with Crippen LogP contribution in [0.5, 0.6) is 0 Å². The Bertz CT molecular complexity index is 763. The van der Waals surface area contributed by atoms with Gasteiger partial charge in [-0.15, -0.1) is 0 Å². The normalized spacial score (nSPS) is 13.1. The van der Waals surface area contributed by atoms with E-state index in [0.717, 1.165) is 36.4 Å². The minimum absolute atomic E-state index is 0. The minimum atomic E-state index is -5.97. The van der Waals surface area contributed by atoms with Crippen LogP contribution in [0.4, 0.5) is 52.7 Å². The maximum atomic E-state index is 12.2. The van der Waals surface area contributed by atoms with E-state index in [4.69, 9.17) is 0 Å². The van der Waals surface area contributed by atoms with E-state index in [1.807, 2.05) is 0 Å². The van der Waals surface area contributed by atoms with E-state index in [2.05, 4.69) is 0 Å². The second-order valence-corrected chi connectivity index (χ2v) is 5.91. The summed E-state index contributed by atoms with van der Waals surface area (Å²) in [5, 5.41) is 22.1. The molecule has 0 heterocycles. The average Bonchev–Trinajstić information content (AvgIpc) is 2.65. The summed E-state index contributed by atoms with van der Waals surface area (Å²) in [4.78, 5) is 0. The molecule has 0 amide bonds. The number of alkyl halides is 12. The number of benzene rings is 2. The van der Waals surface area contributed by atoms with E-state index in [1.54, 1.807) is 12.1 Å². The SMILES string of the molecule is [I-].[O-]C(c1[c]cccc1)(C(F)(F)F)C(F)(F)F.[O-]C(c1[c]cccc1)(C(F)(F)F)C(F)(F)F.[Sb+3]. The molecule has 2 aromatic carbocycles. The fourth-order valence-electron chi connectivity index (χ4n) is 2.16. The van der Waals surface area contributed by atoms with E-state index < -0.39 is 47.0 Å². The molecule has 2 nitrogen and oxygen atoms in total. The van der Waals surface area contributed by atoms with Crippen LogP contribution in [-0.4, -0.2) is 49.1 Å². The van der Waals surface area contributed by atoms with Crippen molar-refractivity contribution in [2.45, 2.75) is 35.9 Å². The predicted molar refractivity (Wildman–Crippen MR) is 83.9 cm³/mol. The summed E-state index contributed by atoms with van der Waals surface area (Å²) in [5.41, 5.74) is -13.3. The van der Waals surface area contributed by atoms with E-state index in [0.29, 0.717) is 12.1 Å². The van der Waals surface area contributed by atoms with Crippen LogP contribution >= 0.6 is 0 Å². The first-order valence-electron chi connectivity index (χ1n) is 7.83. The summed E-state index contributed by atoms with van der Waals surface area (Å²) in [7, 11) is 0. The second-order valence-electron chi connectivity index (χ2n) is 5.91. The topological polar surface area (TPSA) is 46.1 Å². The Morgan fingerprint density at radius 1 is 0.500 bits per heavy atom. The average molecular weight is 733 g/mol. The van der Waals surface area contributed by atoms with Crippen LogP contribution < -0.4 is 34.2 Å². The summed E-state index contributed by atoms with van der Waals surface area (Å²) >= 11 is 0. The molecular formula is C18H8F12IO2Sb. The summed E-state index contributed by atoms with van der Waals surface area (Å²) in [6.45, 7) is 0. The maximum Gasteiger partial charge on any atom is 3.00 e. The molecule has 0 aromatic heterocycles. The second kappa shape index (κ2) is 11.9. The molecule has 0 saturated heterocycles. The minimum Gasteiger partial charge on any atom is -1.00 e. The van der Waals surface area contributed by atoms with Crippen molar-refractivity contribution in [3.63, 3.8) is 0 Å². The van der Waals surface area contributed by atoms with Crippen molar-refractivity contribution >= 4 is 24.4 Å². The largest absolute Gasteiger partial charge is 3.00 e. The zero-order valence-corrected chi connectivity index (χ0v) is 20.5. The molecule has 0 atom stereocenters. The van der Waals surface area contributed by atoms with Crippen LogP contribution in [0, 0.1) is 12.1 Å². The summed E-state index contributed by atoms with van der Waals surface area (Å²) in [6, 6.07) is 10.0. The maximum absolute atomic E-state index is 12.2. The molecule has 16 heteroatoms. The first-order valence-corrected chi connectivity index (χ1v) is 7.83. The Balaban J connectivity index is 0.